The number of ether oxygens (including phenoxy) is 2. The maximum atomic E-state index is 11.3. The van der Waals surface area contributed by atoms with Crippen LogP contribution in [-0.2, 0) is 11.2 Å². The Morgan fingerprint density at radius 3 is 2.85 bits per heavy atom. The van der Waals surface area contributed by atoms with E-state index in [2.05, 4.69) is 11.9 Å². The average molecular weight is 277 g/mol. The molecular weight excluding hydrogens is 254 g/mol. The molecule has 1 aromatic carbocycles. The Balaban J connectivity index is 2.62. The minimum Gasteiger partial charge on any atom is -0.496 e. The van der Waals surface area contributed by atoms with Gasteiger partial charge in [0.1, 0.15) is 5.75 Å². The third-order valence-corrected chi connectivity index (χ3v) is 3.01. The number of benzene rings is 1. The predicted octanol–water partition coefficient (Wildman–Crippen LogP) is 3.18. The molecule has 1 rings (SSSR count). The highest BCUT2D eigenvalue weighted by molar-refractivity contribution is 5.67. The van der Waals surface area contributed by atoms with Crippen molar-refractivity contribution in [1.82, 2.24) is 5.32 Å². The minimum absolute atomic E-state index is 0.271. The Labute approximate surface area is 120 Å². The van der Waals surface area contributed by atoms with Crippen molar-refractivity contribution < 1.29 is 14.3 Å². The Hall–Kier alpha value is -1.97. The van der Waals surface area contributed by atoms with Gasteiger partial charge < -0.3 is 14.8 Å². The molecule has 0 aliphatic rings. The van der Waals surface area contributed by atoms with Gasteiger partial charge in [-0.2, -0.15) is 0 Å². The highest BCUT2D eigenvalue weighted by Crippen LogP contribution is 2.22. The number of hydrogen-bond donors (Lipinski definition) is 1. The van der Waals surface area contributed by atoms with Crippen molar-refractivity contribution in [2.45, 2.75) is 19.8 Å². The van der Waals surface area contributed by atoms with Gasteiger partial charge in [0.2, 0.25) is 0 Å². The molecule has 1 atom stereocenters. The molecular formula is C16H23NO3. The molecule has 0 aliphatic carbocycles. The number of hydrogen-bond acceptors (Lipinski definition) is 3. The van der Waals surface area contributed by atoms with Gasteiger partial charge in [0.25, 0.3) is 0 Å². The number of para-hydroxylation sites is 1. The Morgan fingerprint density at radius 2 is 2.20 bits per heavy atom. The van der Waals surface area contributed by atoms with E-state index in [9.17, 15) is 4.79 Å². The lowest BCUT2D eigenvalue weighted by Crippen LogP contribution is -2.30. The minimum atomic E-state index is -0.374. The standard InChI is InChI=1S/C16H23NO3/c1-4-8-13(12-17-16(18)20-5-2)11-14-9-6-7-10-15(14)19-3/h4,6-7,9-10,13H,1,5,8,11-12H2,2-3H3,(H,17,18)/t13-/m0/s1. The van der Waals surface area contributed by atoms with Gasteiger partial charge in [0, 0.05) is 6.54 Å². The van der Waals surface area contributed by atoms with Crippen molar-refractivity contribution in [2.75, 3.05) is 20.3 Å². The molecule has 4 heteroatoms. The number of nitrogens with one attached hydrogen (secondary N) is 1. The monoisotopic (exact) mass is 277 g/mol. The van der Waals surface area contributed by atoms with Gasteiger partial charge in [0.15, 0.2) is 0 Å². The van der Waals surface area contributed by atoms with Crippen LogP contribution in [0.15, 0.2) is 36.9 Å². The fourth-order valence-electron chi connectivity index (χ4n) is 2.07. The summed E-state index contributed by atoms with van der Waals surface area (Å²) in [5.74, 6) is 1.14. The highest BCUT2D eigenvalue weighted by Gasteiger charge is 2.13. The number of rotatable bonds is 8. The lowest BCUT2D eigenvalue weighted by Gasteiger charge is -2.17. The summed E-state index contributed by atoms with van der Waals surface area (Å²) < 4.78 is 10.2. The van der Waals surface area contributed by atoms with E-state index in [1.807, 2.05) is 30.3 Å². The maximum absolute atomic E-state index is 11.3. The fraction of sp³-hybridized carbons (Fsp3) is 0.438. The topological polar surface area (TPSA) is 47.6 Å². The zero-order valence-corrected chi connectivity index (χ0v) is 12.2. The molecule has 0 spiro atoms. The van der Waals surface area contributed by atoms with Crippen LogP contribution in [0.3, 0.4) is 0 Å². The molecule has 20 heavy (non-hydrogen) atoms. The van der Waals surface area contributed by atoms with Crippen LogP contribution in [-0.4, -0.2) is 26.4 Å². The Kier molecular flexibility index (Phi) is 7.25. The lowest BCUT2D eigenvalue weighted by atomic mass is 9.95. The summed E-state index contributed by atoms with van der Waals surface area (Å²) >= 11 is 0. The molecule has 0 radical (unpaired) electrons. The first kappa shape index (κ1) is 16.1. The number of carbonyl (C=O) groups is 1. The van der Waals surface area contributed by atoms with Crippen molar-refractivity contribution >= 4 is 6.09 Å². The molecule has 1 N–H and O–H groups in total. The molecule has 110 valence electrons. The van der Waals surface area contributed by atoms with E-state index in [-0.39, 0.29) is 12.0 Å². The molecule has 0 unspecified atom stereocenters. The maximum Gasteiger partial charge on any atom is 0.407 e. The lowest BCUT2D eigenvalue weighted by molar-refractivity contribution is 0.150. The van der Waals surface area contributed by atoms with Gasteiger partial charge in [-0.1, -0.05) is 24.3 Å². The zero-order valence-electron chi connectivity index (χ0n) is 12.2. The van der Waals surface area contributed by atoms with Crippen LogP contribution in [0.5, 0.6) is 5.75 Å². The number of allylic oxidation sites excluding steroid dienone is 1. The average Bonchev–Trinajstić information content (AvgIpc) is 2.46. The highest BCUT2D eigenvalue weighted by atomic mass is 16.5. The van der Waals surface area contributed by atoms with Crippen molar-refractivity contribution in [1.29, 1.82) is 0 Å². The molecule has 0 fully saturated rings. The van der Waals surface area contributed by atoms with Crippen LogP contribution >= 0.6 is 0 Å². The quantitative estimate of drug-likeness (QED) is 0.742. The molecule has 1 amide bonds. The van der Waals surface area contributed by atoms with Gasteiger partial charge in [0.05, 0.1) is 13.7 Å². The summed E-state index contributed by atoms with van der Waals surface area (Å²) in [6, 6.07) is 7.92. The normalized spacial score (nSPS) is 11.5. The van der Waals surface area contributed by atoms with Gasteiger partial charge in [-0.3, -0.25) is 0 Å². The third kappa shape index (κ3) is 5.34. The van der Waals surface area contributed by atoms with E-state index in [0.29, 0.717) is 13.2 Å². The van der Waals surface area contributed by atoms with Crippen LogP contribution < -0.4 is 10.1 Å². The SMILES string of the molecule is C=CC[C@H](CNC(=O)OCC)Cc1ccccc1OC. The van der Waals surface area contributed by atoms with E-state index in [4.69, 9.17) is 9.47 Å². The Bertz CT molecular complexity index is 431. The zero-order chi connectivity index (χ0) is 14.8. The van der Waals surface area contributed by atoms with E-state index in [1.165, 1.54) is 0 Å². The second kappa shape index (κ2) is 9.02. The summed E-state index contributed by atoms with van der Waals surface area (Å²) in [4.78, 5) is 11.3. The van der Waals surface area contributed by atoms with Crippen molar-refractivity contribution in [3.63, 3.8) is 0 Å². The summed E-state index contributed by atoms with van der Waals surface area (Å²) in [5.41, 5.74) is 1.13. The Morgan fingerprint density at radius 1 is 1.45 bits per heavy atom. The van der Waals surface area contributed by atoms with Crippen molar-refractivity contribution in [3.8, 4) is 5.75 Å². The molecule has 4 nitrogen and oxygen atoms in total. The van der Waals surface area contributed by atoms with Crippen LogP contribution in [0.4, 0.5) is 4.79 Å². The first-order valence-electron chi connectivity index (χ1n) is 6.84. The molecule has 0 heterocycles. The molecule has 0 saturated carbocycles. The van der Waals surface area contributed by atoms with Gasteiger partial charge in [-0.05, 0) is 37.3 Å². The van der Waals surface area contributed by atoms with Gasteiger partial charge in [-0.25, -0.2) is 4.79 Å². The molecule has 1 aromatic rings. The first-order valence-corrected chi connectivity index (χ1v) is 6.84. The number of amides is 1. The third-order valence-electron chi connectivity index (χ3n) is 3.01. The van der Waals surface area contributed by atoms with E-state index < -0.39 is 0 Å². The van der Waals surface area contributed by atoms with Crippen LogP contribution in [0.1, 0.15) is 18.9 Å². The first-order chi connectivity index (χ1) is 9.71. The van der Waals surface area contributed by atoms with E-state index in [1.54, 1.807) is 14.0 Å². The fourth-order valence-corrected chi connectivity index (χ4v) is 2.07. The molecule has 0 bridgehead atoms. The van der Waals surface area contributed by atoms with Gasteiger partial charge in [-0.15, -0.1) is 6.58 Å². The molecule has 0 saturated heterocycles. The molecule has 0 aromatic heterocycles. The summed E-state index contributed by atoms with van der Waals surface area (Å²) in [6.45, 7) is 6.50. The number of carbonyl (C=O) groups excluding carboxylic acids is 1. The van der Waals surface area contributed by atoms with Crippen LogP contribution in [0, 0.1) is 5.92 Å². The second-order valence-electron chi connectivity index (χ2n) is 4.51. The largest absolute Gasteiger partial charge is 0.496 e. The van der Waals surface area contributed by atoms with Gasteiger partial charge >= 0.3 is 6.09 Å². The summed E-state index contributed by atoms with van der Waals surface area (Å²) in [5, 5.41) is 2.78. The smallest absolute Gasteiger partial charge is 0.407 e. The summed E-state index contributed by atoms with van der Waals surface area (Å²) in [7, 11) is 1.66. The summed E-state index contributed by atoms with van der Waals surface area (Å²) in [6.07, 6.45) is 3.14. The number of methoxy groups -OCH3 is 1. The number of alkyl carbamates (subject to hydrolysis) is 1. The van der Waals surface area contributed by atoms with E-state index in [0.717, 1.165) is 24.2 Å². The van der Waals surface area contributed by atoms with Crippen LogP contribution in [0.25, 0.3) is 0 Å². The predicted molar refractivity (Wildman–Crippen MR) is 80.0 cm³/mol. The van der Waals surface area contributed by atoms with Crippen molar-refractivity contribution in [2.24, 2.45) is 5.92 Å². The van der Waals surface area contributed by atoms with Crippen LogP contribution in [0.2, 0.25) is 0 Å². The molecule has 0 aliphatic heterocycles. The van der Waals surface area contributed by atoms with E-state index >= 15 is 0 Å². The van der Waals surface area contributed by atoms with Crippen molar-refractivity contribution in [3.05, 3.63) is 42.5 Å². The second-order valence-corrected chi connectivity index (χ2v) is 4.51.